The van der Waals surface area contributed by atoms with E-state index in [9.17, 15) is 9.59 Å². The van der Waals surface area contributed by atoms with Gasteiger partial charge in [-0.25, -0.2) is 4.79 Å². The number of piperidine rings is 2. The molecule has 0 saturated carbocycles. The summed E-state index contributed by atoms with van der Waals surface area (Å²) < 4.78 is 6.08. The molecule has 2 aliphatic heterocycles. The zero-order valence-corrected chi connectivity index (χ0v) is 23.4. The zero-order valence-electron chi connectivity index (χ0n) is 23.4. The van der Waals surface area contributed by atoms with Crippen LogP contribution in [-0.2, 0) is 17.6 Å². The minimum absolute atomic E-state index is 0.0313. The van der Waals surface area contributed by atoms with Crippen molar-refractivity contribution in [2.45, 2.75) is 83.7 Å². The Balaban J connectivity index is 1.19. The topological polar surface area (TPSA) is 46.6 Å². The number of hydrogen-bond acceptors (Lipinski definition) is 3. The maximum atomic E-state index is 14.0. The van der Waals surface area contributed by atoms with E-state index in [0.717, 1.165) is 50.5 Å². The zero-order chi connectivity index (χ0) is 27.1. The fourth-order valence-corrected chi connectivity index (χ4v) is 7.58. The van der Waals surface area contributed by atoms with Gasteiger partial charge in [0.15, 0.2) is 5.78 Å². The maximum absolute atomic E-state index is 14.0. The molecule has 2 fully saturated rings. The number of nitrogens with zero attached hydrogens (tertiary/aromatic N) is 1. The molecule has 2 heterocycles. The summed E-state index contributed by atoms with van der Waals surface area (Å²) >= 11 is 0. The number of aryl methyl sites for hydroxylation is 3. The average Bonchev–Trinajstić information content (AvgIpc) is 3.27. The van der Waals surface area contributed by atoms with Gasteiger partial charge >= 0.3 is 6.09 Å². The highest BCUT2D eigenvalue weighted by Gasteiger charge is 2.44. The summed E-state index contributed by atoms with van der Waals surface area (Å²) in [4.78, 5) is 29.6. The quantitative estimate of drug-likeness (QED) is 0.310. The molecular weight excluding hydrogens is 482 g/mol. The highest BCUT2D eigenvalue weighted by molar-refractivity contribution is 6.01. The first-order chi connectivity index (χ1) is 19.0. The Morgan fingerprint density at radius 1 is 0.846 bits per heavy atom. The molecule has 3 aromatic carbocycles. The third kappa shape index (κ3) is 4.58. The number of benzene rings is 3. The number of ketones is 1. The van der Waals surface area contributed by atoms with E-state index in [-0.39, 0.29) is 35.8 Å². The molecule has 4 nitrogen and oxygen atoms in total. The van der Waals surface area contributed by atoms with Crippen molar-refractivity contribution in [1.82, 2.24) is 4.90 Å². The number of carbonyl (C=O) groups is 2. The van der Waals surface area contributed by atoms with Gasteiger partial charge < -0.3 is 9.64 Å². The molecule has 4 heteroatoms. The van der Waals surface area contributed by atoms with Crippen molar-refractivity contribution in [3.63, 3.8) is 0 Å². The Bertz CT molecular complexity index is 1320. The Morgan fingerprint density at radius 2 is 1.38 bits per heavy atom. The molecule has 2 saturated heterocycles. The van der Waals surface area contributed by atoms with Gasteiger partial charge in [-0.3, -0.25) is 4.79 Å². The van der Waals surface area contributed by atoms with Gasteiger partial charge in [-0.15, -0.1) is 0 Å². The van der Waals surface area contributed by atoms with Crippen LogP contribution in [0.3, 0.4) is 0 Å². The van der Waals surface area contributed by atoms with E-state index in [2.05, 4.69) is 81.4 Å². The van der Waals surface area contributed by atoms with E-state index in [1.807, 2.05) is 4.90 Å². The minimum Gasteiger partial charge on any atom is -0.448 e. The molecule has 2 atom stereocenters. The molecule has 1 amide bonds. The normalized spacial score (nSPS) is 21.8. The third-order valence-electron chi connectivity index (χ3n) is 9.35. The number of rotatable bonds is 6. The van der Waals surface area contributed by atoms with Gasteiger partial charge in [0.2, 0.25) is 0 Å². The average molecular weight is 522 g/mol. The number of hydrogen-bond donors (Lipinski definition) is 0. The molecular formula is C35H39NO3. The predicted molar refractivity (Wildman–Crippen MR) is 155 cm³/mol. The van der Waals surface area contributed by atoms with E-state index in [0.29, 0.717) is 6.61 Å². The van der Waals surface area contributed by atoms with Crippen molar-refractivity contribution in [3.8, 4) is 11.1 Å². The molecule has 202 valence electrons. The molecule has 6 rings (SSSR count). The lowest BCUT2D eigenvalue weighted by Gasteiger charge is -2.47. The van der Waals surface area contributed by atoms with E-state index in [4.69, 9.17) is 4.74 Å². The minimum atomic E-state index is -0.212. The number of fused-ring (bicyclic) bond motifs is 5. The van der Waals surface area contributed by atoms with Crippen LogP contribution in [0.5, 0.6) is 0 Å². The fraction of sp³-hybridized carbons (Fsp3) is 0.429. The van der Waals surface area contributed by atoms with Gasteiger partial charge in [-0.1, -0.05) is 80.1 Å². The van der Waals surface area contributed by atoms with Crippen molar-refractivity contribution in [2.75, 3.05) is 6.61 Å². The first kappa shape index (κ1) is 25.9. The third-order valence-corrected chi connectivity index (χ3v) is 9.35. The summed E-state index contributed by atoms with van der Waals surface area (Å²) in [7, 11) is 0. The van der Waals surface area contributed by atoms with Crippen LogP contribution in [0.4, 0.5) is 4.79 Å². The summed E-state index contributed by atoms with van der Waals surface area (Å²) in [6, 6.07) is 21.4. The summed E-state index contributed by atoms with van der Waals surface area (Å²) in [5.41, 5.74) is 9.44. The van der Waals surface area contributed by atoms with Crippen molar-refractivity contribution in [2.24, 2.45) is 5.92 Å². The standard InChI is InChI=1S/C35H39NO3/c1-4-23-17-22(3)18-24(5-2)33(23)34(37)25-19-26-11-10-12-27(20-25)36(26)35(38)39-21-32-30-15-8-6-13-28(30)29-14-7-9-16-31(29)32/h6-9,13-18,25-27,32H,4-5,10-12,19-21H2,1-3H3. The number of Topliss-reactive ketones (excluding diaryl/α,β-unsaturated/α-hetero) is 1. The number of carbonyl (C=O) groups excluding carboxylic acids is 2. The molecule has 39 heavy (non-hydrogen) atoms. The van der Waals surface area contributed by atoms with Crippen LogP contribution in [-0.4, -0.2) is 35.5 Å². The summed E-state index contributed by atoms with van der Waals surface area (Å²) in [6.07, 6.45) is 5.98. The van der Waals surface area contributed by atoms with E-state index in [1.54, 1.807) is 0 Å². The van der Waals surface area contributed by atoms with Crippen LogP contribution in [0.15, 0.2) is 60.7 Å². The molecule has 0 N–H and O–H groups in total. The molecule has 1 aliphatic carbocycles. The second-order valence-electron chi connectivity index (χ2n) is 11.6. The lowest BCUT2D eigenvalue weighted by molar-refractivity contribution is 0.00646. The monoisotopic (exact) mass is 521 g/mol. The van der Waals surface area contributed by atoms with E-state index >= 15 is 0 Å². The molecule has 3 aromatic rings. The first-order valence-electron chi connectivity index (χ1n) is 14.8. The van der Waals surface area contributed by atoms with Gasteiger partial charge in [0.25, 0.3) is 0 Å². The SMILES string of the molecule is CCc1cc(C)cc(CC)c1C(=O)C1CC2CCCC(C1)N2C(=O)OCC1c2ccccc2-c2ccccc21. The number of ether oxygens (including phenoxy) is 1. The van der Waals surface area contributed by atoms with Gasteiger partial charge in [0, 0.05) is 29.5 Å². The van der Waals surface area contributed by atoms with Crippen LogP contribution in [0.1, 0.15) is 90.0 Å². The second kappa shape index (κ2) is 10.6. The summed E-state index contributed by atoms with van der Waals surface area (Å²) in [6.45, 7) is 6.73. The van der Waals surface area contributed by atoms with Gasteiger partial charge in [-0.05, 0) is 85.3 Å². The van der Waals surface area contributed by atoms with Gasteiger partial charge in [0.05, 0.1) is 0 Å². The molecule has 3 aliphatic rings. The Labute approximate surface area is 232 Å². The summed E-state index contributed by atoms with van der Waals surface area (Å²) in [5, 5.41) is 0. The number of amides is 1. The smallest absolute Gasteiger partial charge is 0.410 e. The second-order valence-corrected chi connectivity index (χ2v) is 11.6. The van der Waals surface area contributed by atoms with Crippen molar-refractivity contribution in [1.29, 1.82) is 0 Å². The lowest BCUT2D eigenvalue weighted by Crippen LogP contribution is -2.56. The van der Waals surface area contributed by atoms with Crippen molar-refractivity contribution >= 4 is 11.9 Å². The lowest BCUT2D eigenvalue weighted by atomic mass is 9.74. The molecule has 0 spiro atoms. The van der Waals surface area contributed by atoms with Gasteiger partial charge in [-0.2, -0.15) is 0 Å². The highest BCUT2D eigenvalue weighted by atomic mass is 16.6. The molecule has 2 bridgehead atoms. The van der Waals surface area contributed by atoms with Crippen LogP contribution < -0.4 is 0 Å². The fourth-order valence-electron chi connectivity index (χ4n) is 7.58. The van der Waals surface area contributed by atoms with Gasteiger partial charge in [0.1, 0.15) is 6.61 Å². The van der Waals surface area contributed by atoms with Crippen LogP contribution >= 0.6 is 0 Å². The molecule has 0 radical (unpaired) electrons. The maximum Gasteiger partial charge on any atom is 0.410 e. The van der Waals surface area contributed by atoms with Crippen LogP contribution in [0.25, 0.3) is 11.1 Å². The van der Waals surface area contributed by atoms with E-state index < -0.39 is 0 Å². The first-order valence-corrected chi connectivity index (χ1v) is 14.8. The highest BCUT2D eigenvalue weighted by Crippen LogP contribution is 2.45. The predicted octanol–water partition coefficient (Wildman–Crippen LogP) is 7.88. The summed E-state index contributed by atoms with van der Waals surface area (Å²) in [5.74, 6) is 0.311. The van der Waals surface area contributed by atoms with Crippen LogP contribution in [0.2, 0.25) is 0 Å². The largest absolute Gasteiger partial charge is 0.448 e. The Kier molecular flexibility index (Phi) is 7.05. The Morgan fingerprint density at radius 3 is 1.92 bits per heavy atom. The van der Waals surface area contributed by atoms with E-state index in [1.165, 1.54) is 38.9 Å². The van der Waals surface area contributed by atoms with Crippen molar-refractivity contribution < 1.29 is 14.3 Å². The molecule has 0 aromatic heterocycles. The van der Waals surface area contributed by atoms with Crippen molar-refractivity contribution in [3.05, 3.63) is 94.0 Å². The Hall–Kier alpha value is -3.40. The molecule has 2 unspecified atom stereocenters. The van der Waals surface area contributed by atoms with Crippen LogP contribution in [0, 0.1) is 12.8 Å².